The Labute approximate surface area is 162 Å². The average molecular weight is 394 g/mol. The van der Waals surface area contributed by atoms with Crippen LogP contribution in [-0.2, 0) is 24.1 Å². The van der Waals surface area contributed by atoms with Gasteiger partial charge in [-0.1, -0.05) is 18.2 Å². The van der Waals surface area contributed by atoms with Crippen molar-refractivity contribution in [3.63, 3.8) is 0 Å². The minimum absolute atomic E-state index is 0.0671. The largest absolute Gasteiger partial charge is 0.416 e. The van der Waals surface area contributed by atoms with Crippen molar-refractivity contribution in [1.82, 2.24) is 20.0 Å². The van der Waals surface area contributed by atoms with Crippen LogP contribution < -0.4 is 5.32 Å². The summed E-state index contributed by atoms with van der Waals surface area (Å²) in [6, 6.07) is 7.49. The highest BCUT2D eigenvalue weighted by molar-refractivity contribution is 5.76. The number of nitrogens with zero attached hydrogens (tertiary/aromatic N) is 3. The first-order valence-corrected chi connectivity index (χ1v) is 9.39. The molecule has 3 rings (SSSR count). The first-order valence-electron chi connectivity index (χ1n) is 9.39. The molecule has 0 atom stereocenters. The van der Waals surface area contributed by atoms with Gasteiger partial charge in [0.1, 0.15) is 6.54 Å². The summed E-state index contributed by atoms with van der Waals surface area (Å²) in [5, 5.41) is 7.34. The molecule has 0 aliphatic carbocycles. The molecule has 0 radical (unpaired) electrons. The number of nitrogens with one attached hydrogen (secondary N) is 1. The van der Waals surface area contributed by atoms with Gasteiger partial charge in [0.15, 0.2) is 0 Å². The predicted molar refractivity (Wildman–Crippen MR) is 99.6 cm³/mol. The van der Waals surface area contributed by atoms with Crippen molar-refractivity contribution in [2.45, 2.75) is 52.0 Å². The first-order chi connectivity index (χ1) is 13.2. The number of aromatic nitrogens is 2. The van der Waals surface area contributed by atoms with E-state index < -0.39 is 11.7 Å². The maximum absolute atomic E-state index is 12.8. The minimum atomic E-state index is -4.32. The minimum Gasteiger partial charge on any atom is -0.352 e. The third kappa shape index (κ3) is 5.34. The van der Waals surface area contributed by atoms with Gasteiger partial charge < -0.3 is 5.32 Å². The van der Waals surface area contributed by atoms with Crippen molar-refractivity contribution in [1.29, 1.82) is 0 Å². The van der Waals surface area contributed by atoms with Crippen LogP contribution in [0, 0.1) is 13.8 Å². The van der Waals surface area contributed by atoms with Gasteiger partial charge in [0.05, 0.1) is 11.3 Å². The van der Waals surface area contributed by atoms with Gasteiger partial charge in [0.2, 0.25) is 5.91 Å². The van der Waals surface area contributed by atoms with Gasteiger partial charge >= 0.3 is 6.18 Å². The highest BCUT2D eigenvalue weighted by atomic mass is 19.4. The topological polar surface area (TPSA) is 50.2 Å². The summed E-state index contributed by atoms with van der Waals surface area (Å²) in [5.41, 5.74) is 1.87. The van der Waals surface area contributed by atoms with E-state index in [9.17, 15) is 18.0 Å². The molecule has 0 bridgehead atoms. The number of likely N-dealkylation sites (tertiary alicyclic amines) is 1. The first kappa shape index (κ1) is 20.4. The van der Waals surface area contributed by atoms with Gasteiger partial charge in [0.25, 0.3) is 0 Å². The molecule has 5 nitrogen and oxygen atoms in total. The Balaban J connectivity index is 1.47. The monoisotopic (exact) mass is 394 g/mol. The summed E-state index contributed by atoms with van der Waals surface area (Å²) >= 11 is 0. The molecule has 0 spiro atoms. The lowest BCUT2D eigenvalue weighted by atomic mass is 10.0. The molecule has 1 aliphatic rings. The Hall–Kier alpha value is -2.35. The van der Waals surface area contributed by atoms with E-state index in [1.54, 1.807) is 10.7 Å². The Morgan fingerprint density at radius 1 is 1.21 bits per heavy atom. The van der Waals surface area contributed by atoms with Gasteiger partial charge in [-0.05, 0) is 44.4 Å². The molecule has 1 amide bonds. The molecule has 1 aliphatic heterocycles. The van der Waals surface area contributed by atoms with Gasteiger partial charge in [0, 0.05) is 31.4 Å². The van der Waals surface area contributed by atoms with Crippen molar-refractivity contribution in [2.75, 3.05) is 13.1 Å². The number of hydrogen-bond donors (Lipinski definition) is 1. The summed E-state index contributed by atoms with van der Waals surface area (Å²) in [7, 11) is 0. The van der Waals surface area contributed by atoms with Crippen LogP contribution in [0.3, 0.4) is 0 Å². The Morgan fingerprint density at radius 2 is 1.93 bits per heavy atom. The van der Waals surface area contributed by atoms with E-state index in [-0.39, 0.29) is 18.5 Å². The fraction of sp³-hybridized carbons (Fsp3) is 0.500. The molecule has 1 fully saturated rings. The lowest BCUT2D eigenvalue weighted by Crippen LogP contribution is -2.45. The highest BCUT2D eigenvalue weighted by Gasteiger charge is 2.30. The molecule has 152 valence electrons. The van der Waals surface area contributed by atoms with Gasteiger partial charge in [-0.25, -0.2) is 0 Å². The van der Waals surface area contributed by atoms with E-state index in [2.05, 4.69) is 15.3 Å². The van der Waals surface area contributed by atoms with Crippen LogP contribution in [0.4, 0.5) is 13.2 Å². The molecular weight excluding hydrogens is 369 g/mol. The van der Waals surface area contributed by atoms with E-state index in [0.717, 1.165) is 43.4 Å². The molecule has 2 aromatic rings. The lowest BCUT2D eigenvalue weighted by molar-refractivity contribution is -0.137. The summed E-state index contributed by atoms with van der Waals surface area (Å²) in [6.07, 6.45) is -2.76. The molecular formula is C20H25F3N4O. The zero-order valence-electron chi connectivity index (χ0n) is 16.1. The van der Waals surface area contributed by atoms with Crippen LogP contribution in [0.2, 0.25) is 0 Å². The van der Waals surface area contributed by atoms with Crippen LogP contribution in [0.15, 0.2) is 30.3 Å². The summed E-state index contributed by atoms with van der Waals surface area (Å²) in [5.74, 6) is -0.0671. The Kier molecular flexibility index (Phi) is 6.07. The van der Waals surface area contributed by atoms with Gasteiger partial charge in [-0.15, -0.1) is 0 Å². The summed E-state index contributed by atoms with van der Waals surface area (Å²) in [6.45, 7) is 5.96. The van der Waals surface area contributed by atoms with Crippen molar-refractivity contribution < 1.29 is 18.0 Å². The number of rotatable bonds is 5. The van der Waals surface area contributed by atoms with Gasteiger partial charge in [-0.2, -0.15) is 18.3 Å². The number of alkyl halides is 3. The smallest absolute Gasteiger partial charge is 0.352 e. The molecule has 28 heavy (non-hydrogen) atoms. The summed E-state index contributed by atoms with van der Waals surface area (Å²) < 4.78 is 40.2. The second kappa shape index (κ2) is 8.34. The Bertz CT molecular complexity index is 823. The molecule has 1 N–H and O–H groups in total. The number of aryl methyl sites for hydroxylation is 2. The third-order valence-corrected chi connectivity index (χ3v) is 5.01. The number of carbonyl (C=O) groups is 1. The zero-order chi connectivity index (χ0) is 20.3. The van der Waals surface area contributed by atoms with Crippen LogP contribution >= 0.6 is 0 Å². The molecule has 1 aromatic carbocycles. The Morgan fingerprint density at radius 3 is 2.54 bits per heavy atom. The van der Waals surface area contributed by atoms with E-state index in [1.165, 1.54) is 12.1 Å². The summed E-state index contributed by atoms with van der Waals surface area (Å²) in [4.78, 5) is 14.4. The van der Waals surface area contributed by atoms with E-state index >= 15 is 0 Å². The molecule has 2 heterocycles. The van der Waals surface area contributed by atoms with Crippen molar-refractivity contribution >= 4 is 5.91 Å². The van der Waals surface area contributed by atoms with Crippen LogP contribution in [-0.4, -0.2) is 39.7 Å². The van der Waals surface area contributed by atoms with E-state index in [0.29, 0.717) is 12.1 Å². The zero-order valence-corrected chi connectivity index (χ0v) is 16.1. The maximum Gasteiger partial charge on any atom is 0.416 e. The van der Waals surface area contributed by atoms with Crippen LogP contribution in [0.5, 0.6) is 0 Å². The molecule has 1 aromatic heterocycles. The second-order valence-electron chi connectivity index (χ2n) is 7.40. The van der Waals surface area contributed by atoms with E-state index in [1.807, 2.05) is 19.9 Å². The normalized spacial score (nSPS) is 16.3. The molecule has 0 saturated carbocycles. The predicted octanol–water partition coefficient (Wildman–Crippen LogP) is 3.30. The number of hydrogen-bond acceptors (Lipinski definition) is 3. The molecule has 8 heteroatoms. The van der Waals surface area contributed by atoms with Crippen molar-refractivity contribution in [2.24, 2.45) is 0 Å². The average Bonchev–Trinajstić information content (AvgIpc) is 2.93. The second-order valence-corrected chi connectivity index (χ2v) is 7.40. The van der Waals surface area contributed by atoms with Crippen LogP contribution in [0.1, 0.15) is 35.4 Å². The standard InChI is InChI=1S/C20H25F3N4O/c1-14-10-15(2)27(25-14)13-19(28)24-18-6-8-26(9-7-18)12-16-4-3-5-17(11-16)20(21,22)23/h3-5,10-11,18H,6-9,12-13H2,1-2H3,(H,24,28). The number of amides is 1. The number of halogens is 3. The lowest BCUT2D eigenvalue weighted by Gasteiger charge is -2.32. The highest BCUT2D eigenvalue weighted by Crippen LogP contribution is 2.30. The van der Waals surface area contributed by atoms with Crippen molar-refractivity contribution in [3.8, 4) is 0 Å². The third-order valence-electron chi connectivity index (χ3n) is 5.01. The fourth-order valence-corrected chi connectivity index (χ4v) is 3.58. The number of piperidine rings is 1. The number of benzene rings is 1. The molecule has 0 unspecified atom stereocenters. The van der Waals surface area contributed by atoms with E-state index in [4.69, 9.17) is 0 Å². The van der Waals surface area contributed by atoms with Crippen molar-refractivity contribution in [3.05, 3.63) is 52.8 Å². The van der Waals surface area contributed by atoms with Crippen LogP contribution in [0.25, 0.3) is 0 Å². The number of carbonyl (C=O) groups excluding carboxylic acids is 1. The maximum atomic E-state index is 12.8. The SMILES string of the molecule is Cc1cc(C)n(CC(=O)NC2CCN(Cc3cccc(C(F)(F)F)c3)CC2)n1. The molecule has 1 saturated heterocycles. The fourth-order valence-electron chi connectivity index (χ4n) is 3.58. The van der Waals surface area contributed by atoms with Gasteiger partial charge in [-0.3, -0.25) is 14.4 Å². The quantitative estimate of drug-likeness (QED) is 0.847.